The van der Waals surface area contributed by atoms with Gasteiger partial charge in [0, 0.05) is 11.3 Å². The molecule has 3 aromatic heterocycles. The zero-order valence-corrected chi connectivity index (χ0v) is 11.1. The summed E-state index contributed by atoms with van der Waals surface area (Å²) in [5, 5.41) is 2.54. The second kappa shape index (κ2) is 4.51. The first-order chi connectivity index (χ1) is 8.72. The third kappa shape index (κ3) is 2.14. The van der Waals surface area contributed by atoms with Gasteiger partial charge in [-0.25, -0.2) is 15.0 Å². The molecule has 0 aromatic carbocycles. The van der Waals surface area contributed by atoms with Crippen molar-refractivity contribution in [1.29, 1.82) is 0 Å². The molecule has 92 valence electrons. The van der Waals surface area contributed by atoms with E-state index in [1.165, 1.54) is 16.2 Å². The molecule has 0 spiro atoms. The van der Waals surface area contributed by atoms with Crippen molar-refractivity contribution in [3.8, 4) is 0 Å². The molecule has 0 unspecified atom stereocenters. The molecule has 0 saturated heterocycles. The van der Waals surface area contributed by atoms with E-state index in [1.54, 1.807) is 11.3 Å². The van der Waals surface area contributed by atoms with E-state index < -0.39 is 0 Å². The van der Waals surface area contributed by atoms with Gasteiger partial charge in [-0.3, -0.25) is 0 Å². The highest BCUT2D eigenvalue weighted by Gasteiger charge is 2.10. The summed E-state index contributed by atoms with van der Waals surface area (Å²) >= 11 is 3.06. The number of nitrogens with two attached hydrogens (primary N) is 2. The number of nitrogens with zero attached hydrogens (tertiary/aromatic N) is 3. The minimum Gasteiger partial charge on any atom is -0.382 e. The van der Waals surface area contributed by atoms with Gasteiger partial charge in [0.25, 0.3) is 0 Å². The first kappa shape index (κ1) is 11.4. The normalized spacial score (nSPS) is 11.1. The number of thiazole rings is 1. The summed E-state index contributed by atoms with van der Waals surface area (Å²) in [5.74, 6) is 1.19. The smallest absolute Gasteiger partial charge is 0.182 e. The highest BCUT2D eigenvalue weighted by molar-refractivity contribution is 7.22. The van der Waals surface area contributed by atoms with Gasteiger partial charge in [0.1, 0.15) is 16.3 Å². The van der Waals surface area contributed by atoms with E-state index >= 15 is 0 Å². The van der Waals surface area contributed by atoms with Crippen molar-refractivity contribution in [3.05, 3.63) is 28.2 Å². The number of fused-ring (bicyclic) bond motifs is 1. The fraction of sp³-hybridized carbons (Fsp3) is 0.182. The van der Waals surface area contributed by atoms with Gasteiger partial charge >= 0.3 is 0 Å². The number of anilines is 2. The topological polar surface area (TPSA) is 90.7 Å². The maximum Gasteiger partial charge on any atom is 0.182 e. The molecule has 0 bridgehead atoms. The zero-order chi connectivity index (χ0) is 12.5. The summed E-state index contributed by atoms with van der Waals surface area (Å²) in [6.45, 7) is 0. The number of aromatic nitrogens is 3. The van der Waals surface area contributed by atoms with Crippen LogP contribution in [-0.4, -0.2) is 15.0 Å². The van der Waals surface area contributed by atoms with E-state index in [4.69, 9.17) is 11.5 Å². The molecule has 0 radical (unpaired) electrons. The summed E-state index contributed by atoms with van der Waals surface area (Å²) < 4.78 is 0.771. The summed E-state index contributed by atoms with van der Waals surface area (Å²) in [4.78, 5) is 14.2. The Bertz CT molecular complexity index is 674. The van der Waals surface area contributed by atoms with Crippen LogP contribution in [0.15, 0.2) is 17.5 Å². The quantitative estimate of drug-likeness (QED) is 0.765. The summed E-state index contributed by atoms with van der Waals surface area (Å²) in [7, 11) is 0. The molecule has 0 aliphatic carbocycles. The maximum absolute atomic E-state index is 5.89. The summed E-state index contributed by atoms with van der Waals surface area (Å²) in [5.41, 5.74) is 12.1. The lowest BCUT2D eigenvalue weighted by molar-refractivity contribution is 0.881. The van der Waals surface area contributed by atoms with Gasteiger partial charge in [0.05, 0.1) is 0 Å². The molecule has 0 atom stereocenters. The van der Waals surface area contributed by atoms with Crippen LogP contribution in [-0.2, 0) is 12.8 Å². The van der Waals surface area contributed by atoms with E-state index in [-0.39, 0.29) is 0 Å². The monoisotopic (exact) mass is 277 g/mol. The largest absolute Gasteiger partial charge is 0.382 e. The Hall–Kier alpha value is -1.73. The lowest BCUT2D eigenvalue weighted by Crippen LogP contribution is -2.01. The van der Waals surface area contributed by atoms with Gasteiger partial charge in [-0.2, -0.15) is 0 Å². The van der Waals surface area contributed by atoms with E-state index in [1.807, 2.05) is 6.07 Å². The second-order valence-corrected chi connectivity index (χ2v) is 5.87. The number of thiophene rings is 1. The van der Waals surface area contributed by atoms with Crippen LogP contribution in [0.4, 0.5) is 10.9 Å². The minimum absolute atomic E-state index is 0.468. The zero-order valence-electron chi connectivity index (χ0n) is 9.46. The average Bonchev–Trinajstić information content (AvgIpc) is 2.94. The Morgan fingerprint density at radius 3 is 2.78 bits per heavy atom. The van der Waals surface area contributed by atoms with Crippen molar-refractivity contribution < 1.29 is 0 Å². The van der Waals surface area contributed by atoms with Gasteiger partial charge in [0.2, 0.25) is 0 Å². The summed E-state index contributed by atoms with van der Waals surface area (Å²) in [6.07, 6.45) is 1.68. The molecule has 0 aliphatic heterocycles. The number of nitrogen functional groups attached to an aromatic ring is 2. The molecule has 0 fully saturated rings. The Kier molecular flexibility index (Phi) is 2.85. The predicted molar refractivity (Wildman–Crippen MR) is 75.8 cm³/mol. The minimum atomic E-state index is 0.468. The van der Waals surface area contributed by atoms with Crippen molar-refractivity contribution in [1.82, 2.24) is 15.0 Å². The van der Waals surface area contributed by atoms with Crippen molar-refractivity contribution >= 4 is 44.0 Å². The Morgan fingerprint density at radius 2 is 2.00 bits per heavy atom. The van der Waals surface area contributed by atoms with Crippen LogP contribution in [0.2, 0.25) is 0 Å². The Labute approximate surface area is 112 Å². The fourth-order valence-electron chi connectivity index (χ4n) is 1.71. The molecule has 0 saturated carbocycles. The number of aryl methyl sites for hydroxylation is 2. The van der Waals surface area contributed by atoms with Crippen molar-refractivity contribution in [2.24, 2.45) is 0 Å². The van der Waals surface area contributed by atoms with Crippen LogP contribution < -0.4 is 11.5 Å². The maximum atomic E-state index is 5.89. The first-order valence-corrected chi connectivity index (χ1v) is 7.13. The van der Waals surface area contributed by atoms with Gasteiger partial charge in [-0.15, -0.1) is 11.3 Å². The molecule has 18 heavy (non-hydrogen) atoms. The fourth-order valence-corrected chi connectivity index (χ4v) is 3.09. The van der Waals surface area contributed by atoms with Crippen LogP contribution in [0.5, 0.6) is 0 Å². The molecular weight excluding hydrogens is 266 g/mol. The van der Waals surface area contributed by atoms with Gasteiger partial charge in [-0.1, -0.05) is 17.4 Å². The molecular formula is C11H11N5S2. The number of hydrogen-bond donors (Lipinski definition) is 2. The van der Waals surface area contributed by atoms with Gasteiger partial charge in [0.15, 0.2) is 10.8 Å². The predicted octanol–water partition coefficient (Wildman–Crippen LogP) is 2.10. The standard InChI is InChI=1S/C11H11N5S2/c12-9-8-10(16-11(13)18-8)15-7(14-9)4-3-6-2-1-5-17-6/h1-2,5H,3-4H2,(H4,12,13,14,15,16). The SMILES string of the molecule is Nc1nc2nc(CCc3cccs3)nc(N)c2s1. The molecule has 5 nitrogen and oxygen atoms in total. The second-order valence-electron chi connectivity index (χ2n) is 3.81. The molecule has 3 aromatic rings. The van der Waals surface area contributed by atoms with E-state index in [9.17, 15) is 0 Å². The number of rotatable bonds is 3. The number of hydrogen-bond acceptors (Lipinski definition) is 7. The van der Waals surface area contributed by atoms with Gasteiger partial charge in [-0.05, 0) is 17.9 Å². The van der Waals surface area contributed by atoms with E-state index in [0.717, 1.165) is 23.4 Å². The van der Waals surface area contributed by atoms with E-state index in [0.29, 0.717) is 16.6 Å². The van der Waals surface area contributed by atoms with Gasteiger partial charge < -0.3 is 11.5 Å². The molecule has 4 N–H and O–H groups in total. The summed E-state index contributed by atoms with van der Waals surface area (Å²) in [6, 6.07) is 4.15. The van der Waals surface area contributed by atoms with Crippen LogP contribution >= 0.6 is 22.7 Å². The van der Waals surface area contributed by atoms with Crippen molar-refractivity contribution in [3.63, 3.8) is 0 Å². The van der Waals surface area contributed by atoms with E-state index in [2.05, 4.69) is 26.4 Å². The average molecular weight is 277 g/mol. The lowest BCUT2D eigenvalue weighted by Gasteiger charge is -2.00. The van der Waals surface area contributed by atoms with Crippen LogP contribution in [0.3, 0.4) is 0 Å². The Balaban J connectivity index is 1.88. The highest BCUT2D eigenvalue weighted by Crippen LogP contribution is 2.26. The highest BCUT2D eigenvalue weighted by atomic mass is 32.1. The van der Waals surface area contributed by atoms with Crippen molar-refractivity contribution in [2.75, 3.05) is 11.5 Å². The van der Waals surface area contributed by atoms with Crippen LogP contribution in [0.25, 0.3) is 10.3 Å². The van der Waals surface area contributed by atoms with Crippen molar-refractivity contribution in [2.45, 2.75) is 12.8 Å². The molecule has 3 heterocycles. The Morgan fingerprint density at radius 1 is 1.11 bits per heavy atom. The molecule has 0 aliphatic rings. The molecule has 3 rings (SSSR count). The third-order valence-corrected chi connectivity index (χ3v) is 4.35. The van der Waals surface area contributed by atoms with Crippen LogP contribution in [0, 0.1) is 0 Å². The van der Waals surface area contributed by atoms with Crippen LogP contribution in [0.1, 0.15) is 10.7 Å². The molecule has 7 heteroatoms. The lowest BCUT2D eigenvalue weighted by atomic mass is 10.2. The third-order valence-electron chi connectivity index (χ3n) is 2.52. The first-order valence-electron chi connectivity index (χ1n) is 5.43. The molecule has 0 amide bonds.